The van der Waals surface area contributed by atoms with Gasteiger partial charge in [0.1, 0.15) is 11.6 Å². The van der Waals surface area contributed by atoms with Crippen molar-refractivity contribution in [2.75, 3.05) is 18.0 Å². The lowest BCUT2D eigenvalue weighted by Gasteiger charge is -2.39. The largest absolute Gasteiger partial charge is 0.296 e. The Morgan fingerprint density at radius 3 is 2.52 bits per heavy atom. The van der Waals surface area contributed by atoms with Crippen molar-refractivity contribution in [2.45, 2.75) is 89.6 Å². The molecule has 5 heteroatoms. The smallest absolute Gasteiger partial charge is 0.228 e. The number of likely N-dealkylation sites (tertiary alicyclic amines) is 1. The molecule has 5 nitrogen and oxygen atoms in total. The van der Waals surface area contributed by atoms with Crippen LogP contribution in [0.2, 0.25) is 0 Å². The zero-order chi connectivity index (χ0) is 18.4. The first-order valence-corrected chi connectivity index (χ1v) is 11.1. The van der Waals surface area contributed by atoms with Crippen molar-refractivity contribution in [3.8, 4) is 0 Å². The molecule has 0 bridgehead atoms. The molecule has 4 aliphatic rings. The maximum atomic E-state index is 12.6. The van der Waals surface area contributed by atoms with Crippen LogP contribution < -0.4 is 4.90 Å². The Morgan fingerprint density at radius 2 is 1.74 bits per heavy atom. The Bertz CT molecular complexity index is 723. The van der Waals surface area contributed by atoms with Crippen LogP contribution in [0.15, 0.2) is 0 Å². The predicted octanol–water partition coefficient (Wildman–Crippen LogP) is 3.94. The van der Waals surface area contributed by atoms with Crippen LogP contribution in [-0.4, -0.2) is 39.9 Å². The molecule has 0 N–H and O–H groups in total. The summed E-state index contributed by atoms with van der Waals surface area (Å²) in [6.07, 6.45) is 13.0. The van der Waals surface area contributed by atoms with Gasteiger partial charge in [-0.2, -0.15) is 0 Å². The van der Waals surface area contributed by atoms with Crippen LogP contribution in [0.1, 0.15) is 87.3 Å². The Balaban J connectivity index is 1.49. The van der Waals surface area contributed by atoms with E-state index in [0.29, 0.717) is 24.4 Å². The third-order valence-corrected chi connectivity index (χ3v) is 7.13. The Morgan fingerprint density at radius 1 is 0.963 bits per heavy atom. The summed E-state index contributed by atoms with van der Waals surface area (Å²) in [6, 6.07) is 1.05. The molecule has 1 aromatic heterocycles. The summed E-state index contributed by atoms with van der Waals surface area (Å²) < 4.78 is 0. The maximum Gasteiger partial charge on any atom is 0.228 e. The molecular weight excluding hydrogens is 336 g/mol. The topological polar surface area (TPSA) is 49.3 Å². The number of hydrogen-bond acceptors (Lipinski definition) is 4. The van der Waals surface area contributed by atoms with Crippen molar-refractivity contribution < 1.29 is 4.79 Å². The predicted molar refractivity (Wildman–Crippen MR) is 106 cm³/mol. The van der Waals surface area contributed by atoms with E-state index in [1.54, 1.807) is 0 Å². The number of aryl methyl sites for hydroxylation is 1. The molecule has 2 aliphatic carbocycles. The second-order valence-electron chi connectivity index (χ2n) is 9.10. The third kappa shape index (κ3) is 3.39. The van der Waals surface area contributed by atoms with E-state index in [2.05, 4.69) is 11.8 Å². The van der Waals surface area contributed by atoms with Gasteiger partial charge in [0.2, 0.25) is 5.91 Å². The monoisotopic (exact) mass is 368 g/mol. The number of amides is 1. The van der Waals surface area contributed by atoms with Gasteiger partial charge in [-0.15, -0.1) is 0 Å². The van der Waals surface area contributed by atoms with E-state index in [0.717, 1.165) is 36.7 Å². The molecule has 0 radical (unpaired) electrons. The number of carbonyl (C=O) groups excluding carboxylic acids is 1. The van der Waals surface area contributed by atoms with E-state index >= 15 is 0 Å². The van der Waals surface area contributed by atoms with Crippen LogP contribution in [0.4, 0.5) is 5.82 Å². The quantitative estimate of drug-likeness (QED) is 0.808. The molecule has 5 rings (SSSR count). The highest BCUT2D eigenvalue weighted by Crippen LogP contribution is 2.39. The minimum absolute atomic E-state index is 0.259. The number of fused-ring (bicyclic) bond motifs is 1. The zero-order valence-corrected chi connectivity index (χ0v) is 16.6. The molecule has 3 heterocycles. The molecular formula is C22H32N4O. The van der Waals surface area contributed by atoms with Crippen molar-refractivity contribution in [3.63, 3.8) is 0 Å². The summed E-state index contributed by atoms with van der Waals surface area (Å²) >= 11 is 0. The average Bonchev–Trinajstić information content (AvgIpc) is 3.33. The van der Waals surface area contributed by atoms with E-state index in [9.17, 15) is 4.79 Å². The van der Waals surface area contributed by atoms with Gasteiger partial charge in [-0.3, -0.25) is 14.6 Å². The highest BCUT2D eigenvalue weighted by molar-refractivity contribution is 5.95. The van der Waals surface area contributed by atoms with Crippen molar-refractivity contribution in [1.82, 2.24) is 14.9 Å². The van der Waals surface area contributed by atoms with Crippen molar-refractivity contribution in [3.05, 3.63) is 17.1 Å². The number of nitrogens with zero attached hydrogens (tertiary/aromatic N) is 4. The second-order valence-corrected chi connectivity index (χ2v) is 9.10. The van der Waals surface area contributed by atoms with Crippen LogP contribution in [0.3, 0.4) is 0 Å². The Labute approximate surface area is 162 Å². The third-order valence-electron chi connectivity index (χ3n) is 7.13. The standard InChI is InChI=1S/C22H32N4O/c1-15-18-11-12-20(27)26(14-16-9-10-16)22(18)24-21(23-15)19-8-4-5-13-25(19)17-6-2-3-7-17/h16-17,19H,2-14H2,1H3/t19-/m1/s1. The SMILES string of the molecule is Cc1nc([C@H]2CCCCN2C2CCCC2)nc2c1CCC(=O)N2CC1CC1. The lowest BCUT2D eigenvalue weighted by atomic mass is 9.97. The lowest BCUT2D eigenvalue weighted by molar-refractivity contribution is -0.119. The first-order valence-electron chi connectivity index (χ1n) is 11.1. The van der Waals surface area contributed by atoms with Crippen LogP contribution in [-0.2, 0) is 11.2 Å². The summed E-state index contributed by atoms with van der Waals surface area (Å²) in [7, 11) is 0. The minimum Gasteiger partial charge on any atom is -0.296 e. The molecule has 1 amide bonds. The number of hydrogen-bond donors (Lipinski definition) is 0. The summed E-state index contributed by atoms with van der Waals surface area (Å²) in [6.45, 7) is 4.16. The number of rotatable bonds is 4. The zero-order valence-electron chi connectivity index (χ0n) is 16.6. The second kappa shape index (κ2) is 7.16. The van der Waals surface area contributed by atoms with Gasteiger partial charge in [0, 0.05) is 30.3 Å². The molecule has 27 heavy (non-hydrogen) atoms. The first kappa shape index (κ1) is 17.6. The van der Waals surface area contributed by atoms with Gasteiger partial charge in [0.15, 0.2) is 0 Å². The normalized spacial score (nSPS) is 27.2. The summed E-state index contributed by atoms with van der Waals surface area (Å²) in [4.78, 5) is 27.4. The van der Waals surface area contributed by atoms with E-state index < -0.39 is 0 Å². The molecule has 0 unspecified atom stereocenters. The maximum absolute atomic E-state index is 12.6. The van der Waals surface area contributed by atoms with Crippen LogP contribution in [0.25, 0.3) is 0 Å². The van der Waals surface area contributed by atoms with E-state index in [1.807, 2.05) is 4.90 Å². The number of aromatic nitrogens is 2. The van der Waals surface area contributed by atoms with Crippen LogP contribution >= 0.6 is 0 Å². The Hall–Kier alpha value is -1.49. The summed E-state index contributed by atoms with van der Waals surface area (Å²) in [5.74, 6) is 2.86. The summed E-state index contributed by atoms with van der Waals surface area (Å²) in [5.41, 5.74) is 2.31. The van der Waals surface area contributed by atoms with E-state index in [-0.39, 0.29) is 5.91 Å². The molecule has 2 saturated carbocycles. The summed E-state index contributed by atoms with van der Waals surface area (Å²) in [5, 5.41) is 0. The van der Waals surface area contributed by atoms with Gasteiger partial charge < -0.3 is 0 Å². The van der Waals surface area contributed by atoms with E-state index in [4.69, 9.17) is 9.97 Å². The van der Waals surface area contributed by atoms with E-state index in [1.165, 1.54) is 63.5 Å². The molecule has 1 atom stereocenters. The molecule has 2 aliphatic heterocycles. The fourth-order valence-electron chi connectivity index (χ4n) is 5.40. The number of anilines is 1. The van der Waals surface area contributed by atoms with Crippen molar-refractivity contribution in [1.29, 1.82) is 0 Å². The Kier molecular flexibility index (Phi) is 4.66. The molecule has 0 spiro atoms. The van der Waals surface area contributed by atoms with Gasteiger partial charge in [-0.1, -0.05) is 19.3 Å². The first-order chi connectivity index (χ1) is 13.2. The molecule has 3 fully saturated rings. The number of carbonyl (C=O) groups is 1. The van der Waals surface area contributed by atoms with Gasteiger partial charge in [0.25, 0.3) is 0 Å². The molecule has 1 aromatic rings. The van der Waals surface area contributed by atoms with Gasteiger partial charge in [0.05, 0.1) is 6.04 Å². The highest BCUT2D eigenvalue weighted by Gasteiger charge is 2.36. The fourth-order valence-corrected chi connectivity index (χ4v) is 5.40. The van der Waals surface area contributed by atoms with Crippen LogP contribution in [0, 0.1) is 12.8 Å². The molecule has 1 saturated heterocycles. The van der Waals surface area contributed by atoms with Gasteiger partial charge >= 0.3 is 0 Å². The minimum atomic E-state index is 0.259. The number of piperidine rings is 1. The average molecular weight is 369 g/mol. The van der Waals surface area contributed by atoms with Gasteiger partial charge in [-0.25, -0.2) is 9.97 Å². The molecule has 0 aromatic carbocycles. The van der Waals surface area contributed by atoms with Crippen LogP contribution in [0.5, 0.6) is 0 Å². The highest BCUT2D eigenvalue weighted by atomic mass is 16.2. The van der Waals surface area contributed by atoms with Gasteiger partial charge in [-0.05, 0) is 64.3 Å². The fraction of sp³-hybridized carbons (Fsp3) is 0.773. The van der Waals surface area contributed by atoms with Crippen molar-refractivity contribution >= 4 is 11.7 Å². The van der Waals surface area contributed by atoms with Crippen molar-refractivity contribution in [2.24, 2.45) is 5.92 Å². The lowest BCUT2D eigenvalue weighted by Crippen LogP contribution is -2.42. The molecule has 146 valence electrons.